The number of hydrogen-bond donors (Lipinski definition) is 1. The van der Waals surface area contributed by atoms with E-state index in [1.54, 1.807) is 6.07 Å². The molecular weight excluding hydrogens is 284 g/mol. The van der Waals surface area contributed by atoms with Crippen molar-refractivity contribution in [1.29, 1.82) is 0 Å². The van der Waals surface area contributed by atoms with E-state index in [0.717, 1.165) is 44.0 Å². The molecule has 1 aliphatic rings. The molecule has 1 aliphatic heterocycles. The van der Waals surface area contributed by atoms with Crippen molar-refractivity contribution < 1.29 is 4.74 Å². The number of halogens is 1. The summed E-state index contributed by atoms with van der Waals surface area (Å²) in [6.07, 6.45) is 0. The van der Waals surface area contributed by atoms with E-state index in [2.05, 4.69) is 29.2 Å². The minimum atomic E-state index is 0.688. The molecule has 1 saturated heterocycles. The molecule has 110 valence electrons. The van der Waals surface area contributed by atoms with Crippen molar-refractivity contribution in [3.05, 3.63) is 53.1 Å². The molecule has 2 aromatic carbocycles. The Morgan fingerprint density at radius 1 is 1.05 bits per heavy atom. The van der Waals surface area contributed by atoms with E-state index in [1.807, 2.05) is 12.1 Å². The molecule has 0 bridgehead atoms. The predicted octanol–water partition coefficient (Wildman–Crippen LogP) is 3.42. The summed E-state index contributed by atoms with van der Waals surface area (Å²) in [5.41, 5.74) is 9.87. The maximum Gasteiger partial charge on any atom is 0.0594 e. The molecule has 1 heterocycles. The predicted molar refractivity (Wildman–Crippen MR) is 87.4 cm³/mol. The summed E-state index contributed by atoms with van der Waals surface area (Å²) in [6, 6.07) is 14.2. The lowest BCUT2D eigenvalue weighted by atomic mass is 10.0. The molecule has 3 rings (SSSR count). The Morgan fingerprint density at radius 3 is 2.43 bits per heavy atom. The van der Waals surface area contributed by atoms with Crippen molar-refractivity contribution in [2.24, 2.45) is 0 Å². The maximum atomic E-state index is 6.26. The van der Waals surface area contributed by atoms with Gasteiger partial charge in [-0.3, -0.25) is 4.90 Å². The first-order valence-corrected chi connectivity index (χ1v) is 7.54. The van der Waals surface area contributed by atoms with Crippen molar-refractivity contribution in [3.8, 4) is 11.1 Å². The average molecular weight is 303 g/mol. The van der Waals surface area contributed by atoms with Crippen LogP contribution < -0.4 is 5.73 Å². The quantitative estimate of drug-likeness (QED) is 0.883. The van der Waals surface area contributed by atoms with Gasteiger partial charge in [-0.15, -0.1) is 0 Å². The molecule has 0 radical (unpaired) electrons. The van der Waals surface area contributed by atoms with Crippen LogP contribution in [-0.4, -0.2) is 31.2 Å². The number of ether oxygens (including phenoxy) is 1. The van der Waals surface area contributed by atoms with Crippen LogP contribution in [0.2, 0.25) is 5.02 Å². The van der Waals surface area contributed by atoms with E-state index >= 15 is 0 Å². The van der Waals surface area contributed by atoms with Gasteiger partial charge in [0.05, 0.1) is 18.2 Å². The molecule has 0 aromatic heterocycles. The van der Waals surface area contributed by atoms with Gasteiger partial charge in [0, 0.05) is 30.9 Å². The van der Waals surface area contributed by atoms with Crippen molar-refractivity contribution in [1.82, 2.24) is 4.90 Å². The molecule has 2 N–H and O–H groups in total. The Balaban J connectivity index is 1.74. The summed E-state index contributed by atoms with van der Waals surface area (Å²) in [6.45, 7) is 4.65. The minimum Gasteiger partial charge on any atom is -0.399 e. The largest absolute Gasteiger partial charge is 0.399 e. The highest BCUT2D eigenvalue weighted by molar-refractivity contribution is 6.33. The number of hydrogen-bond acceptors (Lipinski definition) is 3. The molecule has 1 fully saturated rings. The second kappa shape index (κ2) is 6.48. The van der Waals surface area contributed by atoms with Crippen LogP contribution in [0, 0.1) is 0 Å². The number of nitrogen functional groups attached to an aromatic ring is 1. The average Bonchev–Trinajstić information content (AvgIpc) is 2.49. The van der Waals surface area contributed by atoms with E-state index in [0.29, 0.717) is 10.7 Å². The number of rotatable bonds is 3. The lowest BCUT2D eigenvalue weighted by Gasteiger charge is -2.26. The Morgan fingerprint density at radius 2 is 1.76 bits per heavy atom. The van der Waals surface area contributed by atoms with Gasteiger partial charge in [0.1, 0.15) is 0 Å². The second-order valence-electron chi connectivity index (χ2n) is 5.32. The van der Waals surface area contributed by atoms with Gasteiger partial charge in [0.15, 0.2) is 0 Å². The number of morpholine rings is 1. The fourth-order valence-electron chi connectivity index (χ4n) is 2.57. The molecule has 0 aliphatic carbocycles. The highest BCUT2D eigenvalue weighted by Crippen LogP contribution is 2.29. The van der Waals surface area contributed by atoms with E-state index in [-0.39, 0.29) is 0 Å². The fraction of sp³-hybridized carbons (Fsp3) is 0.294. The number of nitrogens with zero attached hydrogens (tertiary/aromatic N) is 1. The topological polar surface area (TPSA) is 38.5 Å². The first kappa shape index (κ1) is 14.4. The van der Waals surface area contributed by atoms with E-state index in [4.69, 9.17) is 22.1 Å². The zero-order valence-electron chi connectivity index (χ0n) is 11.9. The number of anilines is 1. The fourth-order valence-corrected chi connectivity index (χ4v) is 2.87. The standard InChI is InChI=1S/C17H19ClN2O/c18-17-11-15(19)5-6-16(17)14-3-1-13(2-4-14)12-20-7-9-21-10-8-20/h1-6,11H,7-10,12,19H2. The van der Waals surface area contributed by atoms with Crippen molar-refractivity contribution in [2.45, 2.75) is 6.54 Å². The van der Waals surface area contributed by atoms with Crippen molar-refractivity contribution in [3.63, 3.8) is 0 Å². The Bertz CT molecular complexity index is 607. The summed E-state index contributed by atoms with van der Waals surface area (Å²) in [4.78, 5) is 2.41. The van der Waals surface area contributed by atoms with Crippen LogP contribution in [0.3, 0.4) is 0 Å². The van der Waals surface area contributed by atoms with Gasteiger partial charge in [-0.25, -0.2) is 0 Å². The van der Waals surface area contributed by atoms with Crippen LogP contribution in [0.25, 0.3) is 11.1 Å². The SMILES string of the molecule is Nc1ccc(-c2ccc(CN3CCOCC3)cc2)c(Cl)c1. The molecule has 4 heteroatoms. The van der Waals surface area contributed by atoms with Gasteiger partial charge in [0.2, 0.25) is 0 Å². The van der Waals surface area contributed by atoms with Crippen LogP contribution in [0.15, 0.2) is 42.5 Å². The summed E-state index contributed by atoms with van der Waals surface area (Å²) >= 11 is 6.26. The highest BCUT2D eigenvalue weighted by atomic mass is 35.5. The lowest BCUT2D eigenvalue weighted by molar-refractivity contribution is 0.0342. The van der Waals surface area contributed by atoms with Crippen molar-refractivity contribution >= 4 is 17.3 Å². The highest BCUT2D eigenvalue weighted by Gasteiger charge is 2.11. The van der Waals surface area contributed by atoms with E-state index in [1.165, 1.54) is 5.56 Å². The van der Waals surface area contributed by atoms with Crippen LogP contribution >= 0.6 is 11.6 Å². The molecule has 21 heavy (non-hydrogen) atoms. The Kier molecular flexibility index (Phi) is 4.44. The summed E-state index contributed by atoms with van der Waals surface area (Å²) in [7, 11) is 0. The monoisotopic (exact) mass is 302 g/mol. The third-order valence-electron chi connectivity index (χ3n) is 3.77. The van der Waals surface area contributed by atoms with Crippen LogP contribution in [0.4, 0.5) is 5.69 Å². The van der Waals surface area contributed by atoms with Crippen LogP contribution in [-0.2, 0) is 11.3 Å². The van der Waals surface area contributed by atoms with Gasteiger partial charge >= 0.3 is 0 Å². The minimum absolute atomic E-state index is 0.688. The first-order chi connectivity index (χ1) is 10.2. The van der Waals surface area contributed by atoms with E-state index < -0.39 is 0 Å². The summed E-state index contributed by atoms with van der Waals surface area (Å²) < 4.78 is 5.37. The molecule has 0 spiro atoms. The van der Waals surface area contributed by atoms with Crippen LogP contribution in [0.1, 0.15) is 5.56 Å². The second-order valence-corrected chi connectivity index (χ2v) is 5.73. The molecular formula is C17H19ClN2O. The molecule has 0 unspecified atom stereocenters. The molecule has 0 amide bonds. The third-order valence-corrected chi connectivity index (χ3v) is 4.08. The third kappa shape index (κ3) is 3.56. The van der Waals surface area contributed by atoms with Gasteiger partial charge in [0.25, 0.3) is 0 Å². The molecule has 0 atom stereocenters. The van der Waals surface area contributed by atoms with E-state index in [9.17, 15) is 0 Å². The zero-order chi connectivity index (χ0) is 14.7. The number of nitrogens with two attached hydrogens (primary N) is 1. The number of benzene rings is 2. The first-order valence-electron chi connectivity index (χ1n) is 7.17. The summed E-state index contributed by atoms with van der Waals surface area (Å²) in [5, 5.41) is 0.691. The van der Waals surface area contributed by atoms with Crippen LogP contribution in [0.5, 0.6) is 0 Å². The van der Waals surface area contributed by atoms with Gasteiger partial charge in [-0.1, -0.05) is 41.9 Å². The lowest BCUT2D eigenvalue weighted by Crippen LogP contribution is -2.35. The van der Waals surface area contributed by atoms with Gasteiger partial charge < -0.3 is 10.5 Å². The zero-order valence-corrected chi connectivity index (χ0v) is 12.6. The smallest absolute Gasteiger partial charge is 0.0594 e. The van der Waals surface area contributed by atoms with Crippen molar-refractivity contribution in [2.75, 3.05) is 32.0 Å². The Labute approximate surface area is 130 Å². The normalized spacial score (nSPS) is 16.0. The van der Waals surface area contributed by atoms with Gasteiger partial charge in [-0.05, 0) is 23.3 Å². The molecule has 2 aromatic rings. The Hall–Kier alpha value is -1.55. The maximum absolute atomic E-state index is 6.26. The summed E-state index contributed by atoms with van der Waals surface area (Å²) in [5.74, 6) is 0. The molecule has 3 nitrogen and oxygen atoms in total. The van der Waals surface area contributed by atoms with Gasteiger partial charge in [-0.2, -0.15) is 0 Å². The molecule has 0 saturated carbocycles.